The number of nitrogens with zero attached hydrogens (tertiary/aromatic N) is 1. The molecule has 86 valence electrons. The Bertz CT molecular complexity index is 283. The van der Waals surface area contributed by atoms with E-state index in [9.17, 15) is 0 Å². The molecule has 0 saturated carbocycles. The predicted molar refractivity (Wildman–Crippen MR) is 65.7 cm³/mol. The Hall–Kier alpha value is -0.150. The summed E-state index contributed by atoms with van der Waals surface area (Å²) < 4.78 is 5.83. The van der Waals surface area contributed by atoms with Gasteiger partial charge in [0.1, 0.15) is 0 Å². The normalized spacial score (nSPS) is 25.0. The number of rotatable bonds is 2. The van der Waals surface area contributed by atoms with Crippen molar-refractivity contribution in [3.8, 4) is 0 Å². The van der Waals surface area contributed by atoms with Crippen LogP contribution in [0.4, 0.5) is 0 Å². The minimum atomic E-state index is -0.0516. The van der Waals surface area contributed by atoms with Gasteiger partial charge in [0, 0.05) is 23.6 Å². The quantitative estimate of drug-likeness (QED) is 0.719. The van der Waals surface area contributed by atoms with Crippen LogP contribution in [-0.2, 0) is 4.74 Å². The maximum Gasteiger partial charge on any atom is 0.0951 e. The van der Waals surface area contributed by atoms with Crippen molar-refractivity contribution in [2.45, 2.75) is 39.7 Å². The van der Waals surface area contributed by atoms with Crippen molar-refractivity contribution in [1.82, 2.24) is 4.90 Å². The molecule has 2 nitrogen and oxygen atoms in total. The second kappa shape index (κ2) is 4.02. The molecule has 0 unspecified atom stereocenters. The second-order valence-corrected chi connectivity index (χ2v) is 6.23. The molecule has 2 heterocycles. The van der Waals surface area contributed by atoms with Crippen LogP contribution in [0.1, 0.15) is 34.1 Å². The SMILES string of the molecule is CC(C)CN1CSC2=C1CCOC2(C)C. The van der Waals surface area contributed by atoms with Gasteiger partial charge in [0.2, 0.25) is 0 Å². The zero-order chi connectivity index (χ0) is 11.1. The van der Waals surface area contributed by atoms with Gasteiger partial charge in [0.15, 0.2) is 0 Å². The molecule has 0 saturated heterocycles. The third kappa shape index (κ3) is 2.18. The summed E-state index contributed by atoms with van der Waals surface area (Å²) in [5, 5.41) is 0. The lowest BCUT2D eigenvalue weighted by molar-refractivity contribution is 0.00349. The van der Waals surface area contributed by atoms with Gasteiger partial charge in [0.25, 0.3) is 0 Å². The van der Waals surface area contributed by atoms with Gasteiger partial charge in [-0.1, -0.05) is 13.8 Å². The van der Waals surface area contributed by atoms with Crippen molar-refractivity contribution in [3.63, 3.8) is 0 Å². The van der Waals surface area contributed by atoms with Gasteiger partial charge in [0.05, 0.1) is 18.1 Å². The molecule has 2 rings (SSSR count). The van der Waals surface area contributed by atoms with E-state index in [4.69, 9.17) is 4.74 Å². The topological polar surface area (TPSA) is 12.5 Å². The van der Waals surface area contributed by atoms with Gasteiger partial charge in [-0.15, -0.1) is 11.8 Å². The highest BCUT2D eigenvalue weighted by atomic mass is 32.2. The lowest BCUT2D eigenvalue weighted by atomic mass is 10.0. The van der Waals surface area contributed by atoms with Crippen LogP contribution in [0, 0.1) is 5.92 Å². The van der Waals surface area contributed by atoms with Crippen LogP contribution in [0.15, 0.2) is 10.6 Å². The standard InChI is InChI=1S/C12H21NOS/c1-9(2)7-13-8-15-11-10(13)5-6-14-12(11,3)4/h9H,5-8H2,1-4H3. The van der Waals surface area contributed by atoms with E-state index < -0.39 is 0 Å². The van der Waals surface area contributed by atoms with Gasteiger partial charge < -0.3 is 9.64 Å². The van der Waals surface area contributed by atoms with Gasteiger partial charge in [-0.2, -0.15) is 0 Å². The monoisotopic (exact) mass is 227 g/mol. The first-order valence-electron chi connectivity index (χ1n) is 5.76. The maximum absolute atomic E-state index is 5.83. The molecule has 0 aromatic carbocycles. The lowest BCUT2D eigenvalue weighted by Gasteiger charge is -2.33. The van der Waals surface area contributed by atoms with E-state index in [-0.39, 0.29) is 5.60 Å². The average molecular weight is 227 g/mol. The highest BCUT2D eigenvalue weighted by Gasteiger charge is 2.37. The Morgan fingerprint density at radius 2 is 2.20 bits per heavy atom. The Morgan fingerprint density at radius 3 is 2.87 bits per heavy atom. The molecule has 0 N–H and O–H groups in total. The zero-order valence-electron chi connectivity index (χ0n) is 10.2. The second-order valence-electron chi connectivity index (χ2n) is 5.27. The molecule has 15 heavy (non-hydrogen) atoms. The Balaban J connectivity index is 2.18. The summed E-state index contributed by atoms with van der Waals surface area (Å²) in [5.41, 5.74) is 1.49. The predicted octanol–water partition coefficient (Wildman–Crippen LogP) is 3.06. The number of ether oxygens (including phenoxy) is 1. The summed E-state index contributed by atoms with van der Waals surface area (Å²) >= 11 is 1.96. The molecular weight excluding hydrogens is 206 g/mol. The molecule has 0 bridgehead atoms. The fourth-order valence-corrected chi connectivity index (χ4v) is 3.66. The van der Waals surface area contributed by atoms with E-state index in [0.29, 0.717) is 0 Å². The minimum Gasteiger partial charge on any atom is -0.370 e. The molecule has 0 aromatic heterocycles. The molecule has 2 aliphatic rings. The van der Waals surface area contributed by atoms with E-state index in [0.717, 1.165) is 24.8 Å². The summed E-state index contributed by atoms with van der Waals surface area (Å²) in [6.45, 7) is 11.0. The van der Waals surface area contributed by atoms with E-state index in [1.807, 2.05) is 11.8 Å². The smallest absolute Gasteiger partial charge is 0.0951 e. The van der Waals surface area contributed by atoms with Crippen LogP contribution < -0.4 is 0 Å². The van der Waals surface area contributed by atoms with Gasteiger partial charge in [-0.25, -0.2) is 0 Å². The van der Waals surface area contributed by atoms with Crippen molar-refractivity contribution < 1.29 is 4.74 Å². The summed E-state index contributed by atoms with van der Waals surface area (Å²) in [7, 11) is 0. The molecule has 0 amide bonds. The first-order valence-corrected chi connectivity index (χ1v) is 6.74. The van der Waals surface area contributed by atoms with Crippen LogP contribution in [0.2, 0.25) is 0 Å². The first kappa shape index (κ1) is 11.3. The van der Waals surface area contributed by atoms with Crippen LogP contribution in [0.3, 0.4) is 0 Å². The largest absolute Gasteiger partial charge is 0.370 e. The van der Waals surface area contributed by atoms with Crippen molar-refractivity contribution in [2.24, 2.45) is 5.92 Å². The highest BCUT2D eigenvalue weighted by molar-refractivity contribution is 8.03. The Morgan fingerprint density at radius 1 is 1.47 bits per heavy atom. The van der Waals surface area contributed by atoms with Crippen molar-refractivity contribution in [1.29, 1.82) is 0 Å². The van der Waals surface area contributed by atoms with Crippen LogP contribution in [0.25, 0.3) is 0 Å². The molecule has 0 radical (unpaired) electrons. The van der Waals surface area contributed by atoms with E-state index in [2.05, 4.69) is 32.6 Å². The molecule has 0 atom stereocenters. The van der Waals surface area contributed by atoms with Crippen molar-refractivity contribution in [3.05, 3.63) is 10.6 Å². The molecule has 2 aliphatic heterocycles. The van der Waals surface area contributed by atoms with Gasteiger partial charge in [-0.05, 0) is 19.8 Å². The van der Waals surface area contributed by atoms with E-state index >= 15 is 0 Å². The fourth-order valence-electron chi connectivity index (χ4n) is 2.31. The number of hydrogen-bond donors (Lipinski definition) is 0. The Labute approximate surface area is 97.0 Å². The van der Waals surface area contributed by atoms with Gasteiger partial charge in [-0.3, -0.25) is 0 Å². The molecule has 0 aliphatic carbocycles. The minimum absolute atomic E-state index is 0.0516. The summed E-state index contributed by atoms with van der Waals surface area (Å²) in [5.74, 6) is 1.86. The molecule has 0 aromatic rings. The Kier molecular flexibility index (Phi) is 3.04. The summed E-state index contributed by atoms with van der Waals surface area (Å²) in [4.78, 5) is 4.00. The van der Waals surface area contributed by atoms with Crippen molar-refractivity contribution >= 4 is 11.8 Å². The molecule has 3 heteroatoms. The number of hydrogen-bond acceptors (Lipinski definition) is 3. The van der Waals surface area contributed by atoms with Crippen LogP contribution in [0.5, 0.6) is 0 Å². The third-order valence-corrected chi connectivity index (χ3v) is 4.40. The third-order valence-electron chi connectivity index (χ3n) is 2.94. The maximum atomic E-state index is 5.83. The van der Waals surface area contributed by atoms with Crippen LogP contribution in [-0.4, -0.2) is 29.5 Å². The fraction of sp³-hybridized carbons (Fsp3) is 0.833. The van der Waals surface area contributed by atoms with Crippen molar-refractivity contribution in [2.75, 3.05) is 19.0 Å². The van der Waals surface area contributed by atoms with E-state index in [1.165, 1.54) is 11.4 Å². The zero-order valence-corrected chi connectivity index (χ0v) is 11.0. The average Bonchev–Trinajstić information content (AvgIpc) is 2.48. The van der Waals surface area contributed by atoms with E-state index in [1.54, 1.807) is 5.70 Å². The first-order chi connectivity index (χ1) is 7.00. The highest BCUT2D eigenvalue weighted by Crippen LogP contribution is 2.44. The van der Waals surface area contributed by atoms with Gasteiger partial charge >= 0.3 is 0 Å². The molecule has 0 spiro atoms. The molecule has 0 fully saturated rings. The lowest BCUT2D eigenvalue weighted by Crippen LogP contribution is -2.33. The molecular formula is C12H21NOS. The summed E-state index contributed by atoms with van der Waals surface area (Å²) in [6.07, 6.45) is 1.10. The summed E-state index contributed by atoms with van der Waals surface area (Å²) in [6, 6.07) is 0. The number of thioether (sulfide) groups is 1. The van der Waals surface area contributed by atoms with Crippen LogP contribution >= 0.6 is 11.8 Å².